The molecule has 4 heteroatoms. The summed E-state index contributed by atoms with van der Waals surface area (Å²) in [6.07, 6.45) is 8.93. The number of hydrazine groups is 1. The maximum atomic E-state index is 5.83. The summed E-state index contributed by atoms with van der Waals surface area (Å²) in [6.45, 7) is 0. The number of nitrogens with one attached hydrogen (secondary N) is 1. The molecule has 0 heterocycles. The van der Waals surface area contributed by atoms with E-state index in [-0.39, 0.29) is 0 Å². The molecule has 0 amide bonds. The summed E-state index contributed by atoms with van der Waals surface area (Å²) in [4.78, 5) is 0. The number of hydrogen-bond donors (Lipinski definition) is 2. The molecule has 1 fully saturated rings. The molecule has 0 bridgehead atoms. The van der Waals surface area contributed by atoms with Gasteiger partial charge in [-0.25, -0.2) is 0 Å². The van der Waals surface area contributed by atoms with Gasteiger partial charge in [-0.2, -0.15) is 0 Å². The van der Waals surface area contributed by atoms with Gasteiger partial charge in [-0.1, -0.05) is 41.6 Å². The number of hydrogen-bond acceptors (Lipinski definition) is 3. The van der Waals surface area contributed by atoms with Gasteiger partial charge in [0.1, 0.15) is 5.75 Å². The van der Waals surface area contributed by atoms with Crippen LogP contribution in [0.1, 0.15) is 44.1 Å². The van der Waals surface area contributed by atoms with Crippen LogP contribution in [0.4, 0.5) is 0 Å². The highest BCUT2D eigenvalue weighted by atomic mass is 79.9. The van der Waals surface area contributed by atoms with Crippen LogP contribution in [0.3, 0.4) is 0 Å². The normalized spacial score (nSPS) is 18.6. The van der Waals surface area contributed by atoms with Crippen molar-refractivity contribution in [3.63, 3.8) is 0 Å². The minimum Gasteiger partial charge on any atom is -0.497 e. The highest BCUT2D eigenvalue weighted by molar-refractivity contribution is 9.10. The predicted molar refractivity (Wildman–Crippen MR) is 86.7 cm³/mol. The minimum absolute atomic E-state index is 0.344. The molecule has 0 radical (unpaired) electrons. The quantitative estimate of drug-likeness (QED) is 0.486. The van der Waals surface area contributed by atoms with Crippen molar-refractivity contribution in [3.05, 3.63) is 28.2 Å². The smallest absolute Gasteiger partial charge is 0.119 e. The van der Waals surface area contributed by atoms with E-state index in [4.69, 9.17) is 10.6 Å². The van der Waals surface area contributed by atoms with Crippen LogP contribution in [0, 0.1) is 5.92 Å². The van der Waals surface area contributed by atoms with E-state index in [9.17, 15) is 0 Å². The van der Waals surface area contributed by atoms with Crippen LogP contribution in [0.2, 0.25) is 0 Å². The molecule has 1 unspecified atom stereocenters. The Kier molecular flexibility index (Phi) is 6.33. The van der Waals surface area contributed by atoms with E-state index in [2.05, 4.69) is 33.5 Å². The standard InChI is InChI=1S/C16H25BrN2O/c1-20-14-8-9-15(17)13(10-14)11-16(19-18)12-6-4-2-3-5-7-12/h8-10,12,16,19H,2-7,11,18H2,1H3. The van der Waals surface area contributed by atoms with Crippen LogP contribution in [0.5, 0.6) is 5.75 Å². The Balaban J connectivity index is 2.08. The zero-order valence-corrected chi connectivity index (χ0v) is 13.8. The van der Waals surface area contributed by atoms with Crippen molar-refractivity contribution in [2.45, 2.75) is 51.0 Å². The van der Waals surface area contributed by atoms with Crippen molar-refractivity contribution in [2.24, 2.45) is 11.8 Å². The molecular weight excluding hydrogens is 316 g/mol. The minimum atomic E-state index is 0.344. The summed E-state index contributed by atoms with van der Waals surface area (Å²) >= 11 is 3.63. The lowest BCUT2D eigenvalue weighted by Crippen LogP contribution is -2.42. The second-order valence-electron chi connectivity index (χ2n) is 5.69. The Labute approximate surface area is 130 Å². The van der Waals surface area contributed by atoms with Gasteiger partial charge in [-0.15, -0.1) is 0 Å². The maximum absolute atomic E-state index is 5.83. The molecule has 0 spiro atoms. The average Bonchev–Trinajstić information content (AvgIpc) is 2.75. The van der Waals surface area contributed by atoms with Crippen LogP contribution in [0.15, 0.2) is 22.7 Å². The van der Waals surface area contributed by atoms with Gasteiger partial charge >= 0.3 is 0 Å². The fourth-order valence-electron chi connectivity index (χ4n) is 3.15. The van der Waals surface area contributed by atoms with E-state index in [0.717, 1.165) is 16.6 Å². The maximum Gasteiger partial charge on any atom is 0.119 e. The lowest BCUT2D eigenvalue weighted by atomic mass is 9.88. The van der Waals surface area contributed by atoms with E-state index < -0.39 is 0 Å². The summed E-state index contributed by atoms with van der Waals surface area (Å²) in [6, 6.07) is 6.47. The van der Waals surface area contributed by atoms with Crippen molar-refractivity contribution in [1.29, 1.82) is 0 Å². The third-order valence-electron chi connectivity index (χ3n) is 4.38. The van der Waals surface area contributed by atoms with Gasteiger partial charge in [0.2, 0.25) is 0 Å². The topological polar surface area (TPSA) is 47.3 Å². The van der Waals surface area contributed by atoms with Crippen molar-refractivity contribution in [3.8, 4) is 5.75 Å². The molecule has 1 aromatic rings. The summed E-state index contributed by atoms with van der Waals surface area (Å²) in [5, 5.41) is 0. The van der Waals surface area contributed by atoms with Crippen LogP contribution in [0.25, 0.3) is 0 Å². The van der Waals surface area contributed by atoms with E-state index in [1.165, 1.54) is 44.1 Å². The molecule has 20 heavy (non-hydrogen) atoms. The number of nitrogens with two attached hydrogens (primary N) is 1. The zero-order chi connectivity index (χ0) is 14.4. The number of ether oxygens (including phenoxy) is 1. The van der Waals surface area contributed by atoms with Gasteiger partial charge < -0.3 is 4.74 Å². The molecule has 0 aromatic heterocycles. The van der Waals surface area contributed by atoms with Gasteiger partial charge in [0.25, 0.3) is 0 Å². The van der Waals surface area contributed by atoms with Crippen LogP contribution >= 0.6 is 15.9 Å². The first-order chi connectivity index (χ1) is 9.74. The SMILES string of the molecule is COc1ccc(Br)c(CC(NN)C2CCCCCC2)c1. The van der Waals surface area contributed by atoms with Crippen molar-refractivity contribution in [2.75, 3.05) is 7.11 Å². The Bertz CT molecular complexity index is 417. The summed E-state index contributed by atoms with van der Waals surface area (Å²) < 4.78 is 6.45. The Morgan fingerprint density at radius 1 is 1.30 bits per heavy atom. The monoisotopic (exact) mass is 340 g/mol. The zero-order valence-electron chi connectivity index (χ0n) is 12.2. The predicted octanol–water partition coefficient (Wildman–Crippen LogP) is 3.80. The van der Waals surface area contributed by atoms with E-state index in [0.29, 0.717) is 12.0 Å². The second kappa shape index (κ2) is 8.01. The molecule has 0 aliphatic heterocycles. The molecule has 2 rings (SSSR count). The molecule has 112 valence electrons. The third-order valence-corrected chi connectivity index (χ3v) is 5.15. The summed E-state index contributed by atoms with van der Waals surface area (Å²) in [5.74, 6) is 7.41. The van der Waals surface area contributed by atoms with E-state index in [1.807, 2.05) is 6.07 Å². The molecule has 1 aliphatic carbocycles. The number of methoxy groups -OCH3 is 1. The van der Waals surface area contributed by atoms with Gasteiger partial charge in [-0.3, -0.25) is 11.3 Å². The fraction of sp³-hybridized carbons (Fsp3) is 0.625. The Morgan fingerprint density at radius 2 is 2.00 bits per heavy atom. The van der Waals surface area contributed by atoms with E-state index in [1.54, 1.807) is 7.11 Å². The first kappa shape index (κ1) is 15.8. The lowest BCUT2D eigenvalue weighted by molar-refractivity contribution is 0.320. The number of halogens is 1. The van der Waals surface area contributed by atoms with Crippen LogP contribution < -0.4 is 16.0 Å². The number of rotatable bonds is 5. The van der Waals surface area contributed by atoms with Crippen molar-refractivity contribution >= 4 is 15.9 Å². The van der Waals surface area contributed by atoms with Crippen molar-refractivity contribution < 1.29 is 4.74 Å². The van der Waals surface area contributed by atoms with Crippen LogP contribution in [-0.2, 0) is 6.42 Å². The van der Waals surface area contributed by atoms with E-state index >= 15 is 0 Å². The number of benzene rings is 1. The largest absolute Gasteiger partial charge is 0.497 e. The molecule has 1 saturated carbocycles. The molecule has 1 aromatic carbocycles. The molecule has 1 aliphatic rings. The first-order valence-electron chi connectivity index (χ1n) is 7.53. The van der Waals surface area contributed by atoms with Gasteiger partial charge in [0.15, 0.2) is 0 Å². The molecular formula is C16H25BrN2O. The third kappa shape index (κ3) is 4.21. The highest BCUT2D eigenvalue weighted by Gasteiger charge is 2.22. The molecule has 1 atom stereocenters. The van der Waals surface area contributed by atoms with Gasteiger partial charge in [0, 0.05) is 10.5 Å². The summed E-state index contributed by atoms with van der Waals surface area (Å²) in [5.41, 5.74) is 4.31. The van der Waals surface area contributed by atoms with Gasteiger partial charge in [-0.05, 0) is 48.9 Å². The summed E-state index contributed by atoms with van der Waals surface area (Å²) in [7, 11) is 1.71. The Morgan fingerprint density at radius 3 is 2.60 bits per heavy atom. The van der Waals surface area contributed by atoms with Crippen LogP contribution in [-0.4, -0.2) is 13.2 Å². The van der Waals surface area contributed by atoms with Crippen molar-refractivity contribution in [1.82, 2.24) is 5.43 Å². The highest BCUT2D eigenvalue weighted by Crippen LogP contribution is 2.29. The Hall–Kier alpha value is -0.580. The fourth-order valence-corrected chi connectivity index (χ4v) is 3.55. The first-order valence-corrected chi connectivity index (χ1v) is 8.32. The van der Waals surface area contributed by atoms with Gasteiger partial charge in [0.05, 0.1) is 7.11 Å². The second-order valence-corrected chi connectivity index (χ2v) is 6.54. The molecule has 3 nitrogen and oxygen atoms in total. The average molecular weight is 341 g/mol. The molecule has 0 saturated heterocycles. The molecule has 3 N–H and O–H groups in total. The lowest BCUT2D eigenvalue weighted by Gasteiger charge is -2.26.